The van der Waals surface area contributed by atoms with Gasteiger partial charge in [-0.3, -0.25) is 9.59 Å². The number of amides is 1. The van der Waals surface area contributed by atoms with E-state index in [1.54, 1.807) is 34.8 Å². The maximum atomic E-state index is 12.7. The lowest BCUT2D eigenvalue weighted by Crippen LogP contribution is -2.26. The van der Waals surface area contributed by atoms with E-state index < -0.39 is 5.97 Å². The molecule has 2 heterocycles. The van der Waals surface area contributed by atoms with Crippen LogP contribution in [-0.4, -0.2) is 43.9 Å². The molecule has 0 radical (unpaired) electrons. The first-order valence-electron chi connectivity index (χ1n) is 9.31. The van der Waals surface area contributed by atoms with Crippen LogP contribution in [0.3, 0.4) is 0 Å². The summed E-state index contributed by atoms with van der Waals surface area (Å²) in [5.41, 5.74) is 4.73. The largest absolute Gasteiger partial charge is 0.481 e. The van der Waals surface area contributed by atoms with Crippen molar-refractivity contribution in [2.45, 2.75) is 40.2 Å². The van der Waals surface area contributed by atoms with Gasteiger partial charge in [-0.1, -0.05) is 5.16 Å². The van der Waals surface area contributed by atoms with E-state index in [9.17, 15) is 9.59 Å². The summed E-state index contributed by atoms with van der Waals surface area (Å²) in [6.45, 7) is 5.97. The molecular weight excluding hydrogens is 372 g/mol. The van der Waals surface area contributed by atoms with Crippen molar-refractivity contribution in [3.63, 3.8) is 0 Å². The summed E-state index contributed by atoms with van der Waals surface area (Å²) in [5, 5.41) is 17.4. The minimum absolute atomic E-state index is 0.0677. The third kappa shape index (κ3) is 4.53. The summed E-state index contributed by atoms with van der Waals surface area (Å²) >= 11 is 0. The highest BCUT2D eigenvalue weighted by molar-refractivity contribution is 5.94. The van der Waals surface area contributed by atoms with E-state index in [2.05, 4.69) is 10.3 Å². The van der Waals surface area contributed by atoms with Crippen LogP contribution in [0.15, 0.2) is 34.9 Å². The minimum atomic E-state index is -0.829. The Bertz CT molecular complexity index is 1030. The first kappa shape index (κ1) is 20.3. The zero-order valence-electron chi connectivity index (χ0n) is 17.0. The molecule has 0 bridgehead atoms. The molecule has 152 valence electrons. The summed E-state index contributed by atoms with van der Waals surface area (Å²) in [5.74, 6) is -0.241. The fourth-order valence-electron chi connectivity index (χ4n) is 3.29. The van der Waals surface area contributed by atoms with E-state index in [0.29, 0.717) is 30.0 Å². The van der Waals surface area contributed by atoms with Gasteiger partial charge in [0.05, 0.1) is 17.9 Å². The topological polar surface area (TPSA) is 101 Å². The van der Waals surface area contributed by atoms with Gasteiger partial charge < -0.3 is 14.5 Å². The van der Waals surface area contributed by atoms with Crippen LogP contribution >= 0.6 is 0 Å². The van der Waals surface area contributed by atoms with E-state index in [4.69, 9.17) is 9.63 Å². The van der Waals surface area contributed by atoms with Crippen molar-refractivity contribution in [2.24, 2.45) is 0 Å². The van der Waals surface area contributed by atoms with E-state index >= 15 is 0 Å². The second kappa shape index (κ2) is 8.30. The molecule has 0 aliphatic carbocycles. The Labute approximate surface area is 168 Å². The molecule has 0 atom stereocenters. The van der Waals surface area contributed by atoms with E-state index in [0.717, 1.165) is 22.6 Å². The number of aryl methyl sites for hydroxylation is 2. The van der Waals surface area contributed by atoms with E-state index in [1.807, 2.05) is 32.9 Å². The van der Waals surface area contributed by atoms with Gasteiger partial charge in [0.15, 0.2) is 0 Å². The summed E-state index contributed by atoms with van der Waals surface area (Å²) in [4.78, 5) is 25.1. The average Bonchev–Trinajstić information content (AvgIpc) is 3.22. The molecule has 0 aliphatic rings. The number of hydrogen-bond donors (Lipinski definition) is 1. The maximum Gasteiger partial charge on any atom is 0.303 e. The van der Waals surface area contributed by atoms with Gasteiger partial charge in [0.25, 0.3) is 5.91 Å². The van der Waals surface area contributed by atoms with E-state index in [1.165, 1.54) is 0 Å². The predicted octanol–water partition coefficient (Wildman–Crippen LogP) is 3.07. The molecule has 0 spiro atoms. The number of nitrogens with zero attached hydrogens (tertiary/aromatic N) is 4. The molecule has 1 N–H and O–H groups in total. The van der Waals surface area contributed by atoms with Crippen molar-refractivity contribution in [1.29, 1.82) is 0 Å². The lowest BCUT2D eigenvalue weighted by atomic mass is 10.1. The smallest absolute Gasteiger partial charge is 0.303 e. The van der Waals surface area contributed by atoms with Crippen molar-refractivity contribution in [1.82, 2.24) is 19.8 Å². The van der Waals surface area contributed by atoms with Crippen molar-refractivity contribution in [3.05, 3.63) is 64.3 Å². The molecule has 8 heteroatoms. The Morgan fingerprint density at radius 1 is 1.17 bits per heavy atom. The zero-order chi connectivity index (χ0) is 21.1. The molecule has 29 heavy (non-hydrogen) atoms. The highest BCUT2D eigenvalue weighted by Crippen LogP contribution is 2.20. The number of benzene rings is 1. The molecule has 0 fully saturated rings. The van der Waals surface area contributed by atoms with Gasteiger partial charge in [0, 0.05) is 30.8 Å². The first-order valence-corrected chi connectivity index (χ1v) is 9.31. The van der Waals surface area contributed by atoms with Gasteiger partial charge in [-0.25, -0.2) is 4.68 Å². The molecule has 3 rings (SSSR count). The van der Waals surface area contributed by atoms with E-state index in [-0.39, 0.29) is 12.3 Å². The van der Waals surface area contributed by atoms with Gasteiger partial charge in [0.2, 0.25) is 0 Å². The number of hydrogen-bond acceptors (Lipinski definition) is 5. The molecule has 0 saturated carbocycles. The summed E-state index contributed by atoms with van der Waals surface area (Å²) in [7, 11) is 1.72. The van der Waals surface area contributed by atoms with Gasteiger partial charge in [-0.15, -0.1) is 0 Å². The number of rotatable bonds is 7. The second-order valence-electron chi connectivity index (χ2n) is 7.09. The third-order valence-corrected chi connectivity index (χ3v) is 4.81. The quantitative estimate of drug-likeness (QED) is 0.659. The number of carboxylic acid groups (broad SMARTS) is 1. The van der Waals surface area contributed by atoms with Crippen LogP contribution in [0.1, 0.15) is 45.2 Å². The molecule has 0 saturated heterocycles. The number of aromatic nitrogens is 3. The van der Waals surface area contributed by atoms with Crippen molar-refractivity contribution in [2.75, 3.05) is 7.05 Å². The maximum absolute atomic E-state index is 12.7. The molecule has 1 amide bonds. The van der Waals surface area contributed by atoms with Crippen LogP contribution in [0.4, 0.5) is 0 Å². The highest BCUT2D eigenvalue weighted by atomic mass is 16.5. The molecular formula is C21H24N4O4. The normalized spacial score (nSPS) is 10.9. The van der Waals surface area contributed by atoms with Crippen molar-refractivity contribution in [3.8, 4) is 5.69 Å². The molecule has 0 unspecified atom stereocenters. The van der Waals surface area contributed by atoms with Crippen LogP contribution in [0.25, 0.3) is 5.69 Å². The summed E-state index contributed by atoms with van der Waals surface area (Å²) in [6.07, 6.45) is 0.508. The van der Waals surface area contributed by atoms with Crippen LogP contribution < -0.4 is 0 Å². The fourth-order valence-corrected chi connectivity index (χ4v) is 3.29. The lowest BCUT2D eigenvalue weighted by Gasteiger charge is -2.16. The summed E-state index contributed by atoms with van der Waals surface area (Å²) in [6, 6.07) is 8.99. The minimum Gasteiger partial charge on any atom is -0.481 e. The number of carbonyl (C=O) groups is 2. The number of carbonyl (C=O) groups excluding carboxylic acids is 1. The Hall–Kier alpha value is -3.42. The first-order chi connectivity index (χ1) is 13.8. The monoisotopic (exact) mass is 396 g/mol. The van der Waals surface area contributed by atoms with Crippen LogP contribution in [-0.2, 0) is 17.8 Å². The SMILES string of the molecule is Cc1cc(CN(C)C(=O)c2ccc(-n3nc(C)c(CCC(=O)O)c3C)cc2)no1. The van der Waals surface area contributed by atoms with Crippen LogP contribution in [0, 0.1) is 20.8 Å². The molecule has 3 aromatic rings. The molecule has 8 nitrogen and oxygen atoms in total. The standard InChI is InChI=1S/C21H24N4O4/c1-13-11-17(23-29-13)12-24(4)21(28)16-5-7-18(8-6-16)25-15(3)19(14(2)22-25)9-10-20(26)27/h5-8,11H,9-10,12H2,1-4H3,(H,26,27). The Morgan fingerprint density at radius 2 is 1.86 bits per heavy atom. The average molecular weight is 396 g/mol. The lowest BCUT2D eigenvalue weighted by molar-refractivity contribution is -0.136. The van der Waals surface area contributed by atoms with Crippen LogP contribution in [0.2, 0.25) is 0 Å². The predicted molar refractivity (Wildman–Crippen MR) is 106 cm³/mol. The molecule has 1 aromatic carbocycles. The third-order valence-electron chi connectivity index (χ3n) is 4.81. The number of carboxylic acids is 1. The Morgan fingerprint density at radius 3 is 2.45 bits per heavy atom. The van der Waals surface area contributed by atoms with Gasteiger partial charge in [-0.2, -0.15) is 5.10 Å². The fraction of sp³-hybridized carbons (Fsp3) is 0.333. The Balaban J connectivity index is 1.75. The highest BCUT2D eigenvalue weighted by Gasteiger charge is 2.16. The molecule has 2 aromatic heterocycles. The van der Waals surface area contributed by atoms with Gasteiger partial charge in [0.1, 0.15) is 11.5 Å². The second-order valence-corrected chi connectivity index (χ2v) is 7.09. The van der Waals surface area contributed by atoms with Gasteiger partial charge >= 0.3 is 5.97 Å². The van der Waals surface area contributed by atoms with Crippen molar-refractivity contribution >= 4 is 11.9 Å². The summed E-state index contributed by atoms with van der Waals surface area (Å²) < 4.78 is 6.82. The van der Waals surface area contributed by atoms with Crippen molar-refractivity contribution < 1.29 is 19.2 Å². The Kier molecular flexibility index (Phi) is 5.81. The zero-order valence-corrected chi connectivity index (χ0v) is 17.0. The van der Waals surface area contributed by atoms with Gasteiger partial charge in [-0.05, 0) is 57.0 Å². The van der Waals surface area contributed by atoms with Crippen LogP contribution in [0.5, 0.6) is 0 Å². The molecule has 0 aliphatic heterocycles. The number of aliphatic carboxylic acids is 1.